The monoisotopic (exact) mass is 355 g/mol. The topological polar surface area (TPSA) is 71.3 Å². The summed E-state index contributed by atoms with van der Waals surface area (Å²) in [4.78, 5) is 29.0. The van der Waals surface area contributed by atoms with Crippen molar-refractivity contribution in [2.75, 3.05) is 20.6 Å². The van der Waals surface area contributed by atoms with E-state index in [2.05, 4.69) is 24.0 Å². The molecule has 1 aromatic carbocycles. The number of hydrogen-bond acceptors (Lipinski definition) is 4. The standard InChI is InChI=1S/C19H25N5O2/c1-12(2)14-6-8-15(9-7-14)18(25)24-11-10-23-13(3)20-21-17(23)16(24)19(26)22(4)5/h6-9,12,16H,10-11H2,1-5H3. The van der Waals surface area contributed by atoms with Crippen molar-refractivity contribution < 1.29 is 9.59 Å². The smallest absolute Gasteiger partial charge is 0.254 e. The van der Waals surface area contributed by atoms with E-state index in [4.69, 9.17) is 0 Å². The second-order valence-electron chi connectivity index (χ2n) is 7.17. The number of likely N-dealkylation sites (N-methyl/N-ethyl adjacent to an activating group) is 1. The molecule has 0 aliphatic carbocycles. The molecule has 26 heavy (non-hydrogen) atoms. The molecule has 2 heterocycles. The molecule has 2 amide bonds. The van der Waals surface area contributed by atoms with E-state index in [0.717, 1.165) is 5.82 Å². The van der Waals surface area contributed by atoms with Crippen molar-refractivity contribution in [3.05, 3.63) is 47.0 Å². The Balaban J connectivity index is 1.96. The first-order valence-corrected chi connectivity index (χ1v) is 8.83. The third-order valence-electron chi connectivity index (χ3n) is 4.84. The van der Waals surface area contributed by atoms with Gasteiger partial charge in [0, 0.05) is 32.7 Å². The first-order chi connectivity index (χ1) is 12.3. The predicted molar refractivity (Wildman–Crippen MR) is 97.8 cm³/mol. The Kier molecular flexibility index (Phi) is 4.80. The van der Waals surface area contributed by atoms with Crippen LogP contribution in [0, 0.1) is 6.92 Å². The van der Waals surface area contributed by atoms with Crippen LogP contribution in [0.3, 0.4) is 0 Å². The summed E-state index contributed by atoms with van der Waals surface area (Å²) in [5, 5.41) is 8.27. The maximum absolute atomic E-state index is 13.1. The zero-order valence-electron chi connectivity index (χ0n) is 15.9. The molecule has 2 aromatic rings. The molecule has 7 nitrogen and oxygen atoms in total. The minimum Gasteiger partial charge on any atom is -0.347 e. The van der Waals surface area contributed by atoms with Crippen LogP contribution in [0.1, 0.15) is 53.4 Å². The number of fused-ring (bicyclic) bond motifs is 1. The summed E-state index contributed by atoms with van der Waals surface area (Å²) in [6.45, 7) is 7.11. The van der Waals surface area contributed by atoms with Crippen molar-refractivity contribution in [3.63, 3.8) is 0 Å². The molecule has 7 heteroatoms. The van der Waals surface area contributed by atoms with E-state index in [-0.39, 0.29) is 11.8 Å². The van der Waals surface area contributed by atoms with E-state index >= 15 is 0 Å². The lowest BCUT2D eigenvalue weighted by Gasteiger charge is -2.36. The van der Waals surface area contributed by atoms with Gasteiger partial charge in [0.15, 0.2) is 11.9 Å². The number of aromatic nitrogens is 3. The van der Waals surface area contributed by atoms with Gasteiger partial charge < -0.3 is 14.4 Å². The van der Waals surface area contributed by atoms with Crippen molar-refractivity contribution in [1.29, 1.82) is 0 Å². The number of nitrogens with zero attached hydrogens (tertiary/aromatic N) is 5. The summed E-state index contributed by atoms with van der Waals surface area (Å²) in [7, 11) is 3.37. The molecular weight excluding hydrogens is 330 g/mol. The lowest BCUT2D eigenvalue weighted by Crippen LogP contribution is -2.48. The van der Waals surface area contributed by atoms with Gasteiger partial charge in [0.2, 0.25) is 0 Å². The normalized spacial score (nSPS) is 16.5. The van der Waals surface area contributed by atoms with Crippen molar-refractivity contribution >= 4 is 11.8 Å². The van der Waals surface area contributed by atoms with E-state index in [0.29, 0.717) is 30.4 Å². The summed E-state index contributed by atoms with van der Waals surface area (Å²) >= 11 is 0. The predicted octanol–water partition coefficient (Wildman–Crippen LogP) is 2.00. The zero-order chi connectivity index (χ0) is 19.0. The zero-order valence-corrected chi connectivity index (χ0v) is 15.9. The van der Waals surface area contributed by atoms with E-state index in [1.807, 2.05) is 35.8 Å². The Morgan fingerprint density at radius 2 is 1.77 bits per heavy atom. The summed E-state index contributed by atoms with van der Waals surface area (Å²) < 4.78 is 1.91. The van der Waals surface area contributed by atoms with Crippen LogP contribution in [0.15, 0.2) is 24.3 Å². The third-order valence-corrected chi connectivity index (χ3v) is 4.84. The van der Waals surface area contributed by atoms with Gasteiger partial charge in [-0.15, -0.1) is 10.2 Å². The molecule has 0 fully saturated rings. The van der Waals surface area contributed by atoms with Crippen LogP contribution in [-0.2, 0) is 11.3 Å². The minimum atomic E-state index is -0.753. The van der Waals surface area contributed by atoms with Gasteiger partial charge in [0.25, 0.3) is 11.8 Å². The highest BCUT2D eigenvalue weighted by Gasteiger charge is 2.39. The first-order valence-electron chi connectivity index (χ1n) is 8.83. The summed E-state index contributed by atoms with van der Waals surface area (Å²) in [5.74, 6) is 1.35. The lowest BCUT2D eigenvalue weighted by molar-refractivity contribution is -0.134. The molecule has 0 spiro atoms. The van der Waals surface area contributed by atoms with Gasteiger partial charge in [-0.2, -0.15) is 0 Å². The van der Waals surface area contributed by atoms with Gasteiger partial charge in [-0.25, -0.2) is 0 Å². The molecule has 1 aliphatic rings. The molecule has 1 aromatic heterocycles. The highest BCUT2D eigenvalue weighted by Crippen LogP contribution is 2.28. The van der Waals surface area contributed by atoms with E-state index in [1.165, 1.54) is 10.5 Å². The quantitative estimate of drug-likeness (QED) is 0.844. The molecule has 138 valence electrons. The Bertz CT molecular complexity index is 823. The third kappa shape index (κ3) is 3.09. The largest absolute Gasteiger partial charge is 0.347 e. The second-order valence-corrected chi connectivity index (χ2v) is 7.17. The van der Waals surface area contributed by atoms with Crippen LogP contribution in [0.2, 0.25) is 0 Å². The molecule has 0 saturated heterocycles. The Morgan fingerprint density at radius 3 is 2.35 bits per heavy atom. The van der Waals surface area contributed by atoms with Crippen molar-refractivity contribution in [2.45, 2.75) is 39.3 Å². The number of benzene rings is 1. The highest BCUT2D eigenvalue weighted by molar-refractivity contribution is 5.97. The van der Waals surface area contributed by atoms with Gasteiger partial charge in [-0.1, -0.05) is 26.0 Å². The minimum absolute atomic E-state index is 0.160. The molecule has 1 unspecified atom stereocenters. The first kappa shape index (κ1) is 18.1. The SMILES string of the molecule is Cc1nnc2n1CCN(C(=O)c1ccc(C(C)C)cc1)C2C(=O)N(C)C. The molecule has 0 bridgehead atoms. The average molecular weight is 355 g/mol. The number of rotatable bonds is 3. The van der Waals surface area contributed by atoms with Crippen LogP contribution >= 0.6 is 0 Å². The Hall–Kier alpha value is -2.70. The molecule has 1 aliphatic heterocycles. The van der Waals surface area contributed by atoms with Crippen LogP contribution in [0.4, 0.5) is 0 Å². The van der Waals surface area contributed by atoms with Crippen LogP contribution in [-0.4, -0.2) is 57.0 Å². The fraction of sp³-hybridized carbons (Fsp3) is 0.474. The summed E-state index contributed by atoms with van der Waals surface area (Å²) in [6.07, 6.45) is 0. The van der Waals surface area contributed by atoms with Crippen molar-refractivity contribution in [1.82, 2.24) is 24.6 Å². The van der Waals surface area contributed by atoms with Crippen molar-refractivity contribution in [3.8, 4) is 0 Å². The van der Waals surface area contributed by atoms with E-state index in [1.54, 1.807) is 19.0 Å². The lowest BCUT2D eigenvalue weighted by atomic mass is 10.0. The number of aryl methyl sites for hydroxylation is 1. The van der Waals surface area contributed by atoms with E-state index < -0.39 is 6.04 Å². The van der Waals surface area contributed by atoms with Crippen LogP contribution < -0.4 is 0 Å². The Labute approximate surface area is 153 Å². The molecule has 0 radical (unpaired) electrons. The Morgan fingerprint density at radius 1 is 1.12 bits per heavy atom. The second kappa shape index (κ2) is 6.90. The van der Waals surface area contributed by atoms with Gasteiger partial charge in [-0.05, 0) is 30.5 Å². The molecular formula is C19H25N5O2. The molecule has 0 N–H and O–H groups in total. The van der Waals surface area contributed by atoms with Gasteiger partial charge >= 0.3 is 0 Å². The average Bonchev–Trinajstić information content (AvgIpc) is 3.01. The molecule has 0 saturated carbocycles. The van der Waals surface area contributed by atoms with Crippen LogP contribution in [0.25, 0.3) is 0 Å². The number of carbonyl (C=O) groups is 2. The maximum Gasteiger partial charge on any atom is 0.254 e. The van der Waals surface area contributed by atoms with Crippen molar-refractivity contribution in [2.24, 2.45) is 0 Å². The van der Waals surface area contributed by atoms with Crippen LogP contribution in [0.5, 0.6) is 0 Å². The van der Waals surface area contributed by atoms with E-state index in [9.17, 15) is 9.59 Å². The molecule has 1 atom stereocenters. The highest BCUT2D eigenvalue weighted by atomic mass is 16.2. The number of hydrogen-bond donors (Lipinski definition) is 0. The van der Waals surface area contributed by atoms with Gasteiger partial charge in [0.1, 0.15) is 5.82 Å². The summed E-state index contributed by atoms with van der Waals surface area (Å²) in [5.41, 5.74) is 1.76. The van der Waals surface area contributed by atoms with Gasteiger partial charge in [0.05, 0.1) is 0 Å². The summed E-state index contributed by atoms with van der Waals surface area (Å²) in [6, 6.07) is 6.85. The van der Waals surface area contributed by atoms with Gasteiger partial charge in [-0.3, -0.25) is 9.59 Å². The fourth-order valence-corrected chi connectivity index (χ4v) is 3.24. The number of amides is 2. The molecule has 3 rings (SSSR count). The number of carbonyl (C=O) groups excluding carboxylic acids is 2. The fourth-order valence-electron chi connectivity index (χ4n) is 3.24. The maximum atomic E-state index is 13.1.